The maximum Gasteiger partial charge on any atom is 0.416 e. The van der Waals surface area contributed by atoms with E-state index in [2.05, 4.69) is 5.32 Å². The highest BCUT2D eigenvalue weighted by Crippen LogP contribution is 2.34. The Morgan fingerprint density at radius 3 is 2.17 bits per heavy atom. The number of fused-ring (bicyclic) bond motifs is 1. The molecule has 2 aromatic carbocycles. The lowest BCUT2D eigenvalue weighted by molar-refractivity contribution is -0.137. The van der Waals surface area contributed by atoms with Crippen LogP contribution >= 0.6 is 11.3 Å². The Morgan fingerprint density at radius 2 is 1.61 bits per heavy atom. The van der Waals surface area contributed by atoms with E-state index in [0.29, 0.717) is 24.1 Å². The van der Waals surface area contributed by atoms with Crippen LogP contribution in [0.5, 0.6) is 0 Å². The summed E-state index contributed by atoms with van der Waals surface area (Å²) in [5.74, 6) is -1.29. The van der Waals surface area contributed by atoms with Crippen molar-refractivity contribution in [3.8, 4) is 0 Å². The second-order valence-electron chi connectivity index (χ2n) is 8.91. The number of halogens is 3. The predicted octanol–water partition coefficient (Wildman–Crippen LogP) is 6.83. The topological polar surface area (TPSA) is 71.3 Å². The molecule has 4 aromatic rings. The Labute approximate surface area is 210 Å². The van der Waals surface area contributed by atoms with Crippen LogP contribution in [0.25, 0.3) is 10.2 Å². The van der Waals surface area contributed by atoms with Gasteiger partial charge in [-0.25, -0.2) is 4.79 Å². The highest BCUT2D eigenvalue weighted by molar-refractivity contribution is 7.19. The molecular formula is C27H25F3N2O3S. The van der Waals surface area contributed by atoms with Crippen LogP contribution in [0, 0.1) is 6.92 Å². The van der Waals surface area contributed by atoms with Crippen molar-refractivity contribution in [2.24, 2.45) is 0 Å². The van der Waals surface area contributed by atoms with Gasteiger partial charge >= 0.3 is 12.1 Å². The van der Waals surface area contributed by atoms with E-state index in [0.717, 1.165) is 32.8 Å². The number of hydrogen-bond acceptors (Lipinski definition) is 3. The lowest BCUT2D eigenvalue weighted by Gasteiger charge is -2.30. The number of thiophene rings is 1. The third kappa shape index (κ3) is 4.88. The normalized spacial score (nSPS) is 13.5. The van der Waals surface area contributed by atoms with Crippen molar-refractivity contribution in [3.63, 3.8) is 0 Å². The molecule has 1 amide bonds. The molecule has 9 heteroatoms. The van der Waals surface area contributed by atoms with Gasteiger partial charge in [-0.1, -0.05) is 31.2 Å². The van der Waals surface area contributed by atoms with E-state index >= 15 is 0 Å². The molecule has 36 heavy (non-hydrogen) atoms. The van der Waals surface area contributed by atoms with Gasteiger partial charge in [0.1, 0.15) is 0 Å². The van der Waals surface area contributed by atoms with Crippen molar-refractivity contribution in [1.82, 2.24) is 9.88 Å². The highest BCUT2D eigenvalue weighted by atomic mass is 32.1. The number of hydrogen-bond donors (Lipinski definition) is 2. The van der Waals surface area contributed by atoms with Crippen molar-refractivity contribution >= 4 is 33.4 Å². The van der Waals surface area contributed by atoms with Crippen LogP contribution in [-0.2, 0) is 18.3 Å². The van der Waals surface area contributed by atoms with Gasteiger partial charge < -0.3 is 15.0 Å². The van der Waals surface area contributed by atoms with E-state index in [1.54, 1.807) is 12.1 Å². The summed E-state index contributed by atoms with van der Waals surface area (Å²) in [7, 11) is 0. The fourth-order valence-electron chi connectivity index (χ4n) is 4.24. The Hall–Kier alpha value is -3.59. The number of aromatic carboxylic acids is 1. The minimum Gasteiger partial charge on any atom is -0.478 e. The van der Waals surface area contributed by atoms with Crippen LogP contribution in [0.4, 0.5) is 13.2 Å². The molecule has 0 spiro atoms. The highest BCUT2D eigenvalue weighted by Gasteiger charge is 2.31. The second kappa shape index (κ2) is 9.46. The molecule has 5 nitrogen and oxygen atoms in total. The number of nitrogens with zero attached hydrogens (tertiary/aromatic N) is 1. The first kappa shape index (κ1) is 25.5. The number of amides is 1. The summed E-state index contributed by atoms with van der Waals surface area (Å²) in [5, 5.41) is 12.3. The summed E-state index contributed by atoms with van der Waals surface area (Å²) < 4.78 is 41.5. The molecule has 0 saturated heterocycles. The number of rotatable bonds is 7. The lowest BCUT2D eigenvalue weighted by atomic mass is 9.88. The molecule has 0 fully saturated rings. The Kier molecular flexibility index (Phi) is 6.70. The van der Waals surface area contributed by atoms with Gasteiger partial charge in [-0.3, -0.25) is 4.79 Å². The number of carboxylic acids is 1. The Bertz CT molecular complexity index is 1420. The van der Waals surface area contributed by atoms with Crippen LogP contribution in [0.15, 0.2) is 60.8 Å². The maximum atomic E-state index is 13.6. The van der Waals surface area contributed by atoms with Gasteiger partial charge in [0.2, 0.25) is 0 Å². The molecule has 4 rings (SSSR count). The SMILES string of the molecule is CCC(C)(NC(=O)c1c(C)sc2ccn(Cc3ccc(C(F)(F)F)cc3)c12)c1ccc(C(=O)O)cc1. The van der Waals surface area contributed by atoms with Gasteiger partial charge in [-0.05, 0) is 61.7 Å². The summed E-state index contributed by atoms with van der Waals surface area (Å²) in [6, 6.07) is 13.4. The maximum absolute atomic E-state index is 13.6. The van der Waals surface area contributed by atoms with Gasteiger partial charge in [0.25, 0.3) is 5.91 Å². The van der Waals surface area contributed by atoms with Crippen LogP contribution in [-0.4, -0.2) is 21.6 Å². The first-order valence-electron chi connectivity index (χ1n) is 11.3. The van der Waals surface area contributed by atoms with Gasteiger partial charge in [-0.2, -0.15) is 13.2 Å². The quantitative estimate of drug-likeness (QED) is 0.284. The lowest BCUT2D eigenvalue weighted by Crippen LogP contribution is -2.43. The number of carboxylic acid groups (broad SMARTS) is 1. The third-order valence-electron chi connectivity index (χ3n) is 6.51. The average molecular weight is 515 g/mol. The number of aromatic nitrogens is 1. The fraction of sp³-hybridized carbons (Fsp3) is 0.259. The van der Waals surface area contributed by atoms with Gasteiger partial charge in [0.15, 0.2) is 0 Å². The third-order valence-corrected chi connectivity index (χ3v) is 7.56. The Balaban J connectivity index is 1.64. The van der Waals surface area contributed by atoms with Crippen molar-refractivity contribution < 1.29 is 27.9 Å². The molecule has 2 aromatic heterocycles. The van der Waals surface area contributed by atoms with Crippen LogP contribution in [0.2, 0.25) is 0 Å². The van der Waals surface area contributed by atoms with Gasteiger partial charge in [0, 0.05) is 17.6 Å². The molecule has 0 bridgehead atoms. The van der Waals surface area contributed by atoms with Gasteiger partial charge in [-0.15, -0.1) is 11.3 Å². The van der Waals surface area contributed by atoms with E-state index in [9.17, 15) is 27.9 Å². The smallest absolute Gasteiger partial charge is 0.416 e. The number of aryl methyl sites for hydroxylation is 1. The minimum absolute atomic E-state index is 0.167. The van der Waals surface area contributed by atoms with Gasteiger partial charge in [0.05, 0.1) is 32.4 Å². The molecule has 0 radical (unpaired) electrons. The average Bonchev–Trinajstić information content (AvgIpc) is 3.36. The molecule has 0 saturated carbocycles. The first-order chi connectivity index (χ1) is 16.9. The second-order valence-corrected chi connectivity index (χ2v) is 10.2. The Morgan fingerprint density at radius 1 is 1.00 bits per heavy atom. The molecule has 0 aliphatic carbocycles. The number of nitrogens with one attached hydrogen (secondary N) is 1. The summed E-state index contributed by atoms with van der Waals surface area (Å²) in [4.78, 5) is 25.6. The molecule has 1 atom stereocenters. The number of benzene rings is 2. The zero-order valence-corrected chi connectivity index (χ0v) is 20.8. The largest absolute Gasteiger partial charge is 0.478 e. The molecule has 2 N–H and O–H groups in total. The fourth-order valence-corrected chi connectivity index (χ4v) is 5.30. The van der Waals surface area contributed by atoms with Crippen molar-refractivity contribution in [3.05, 3.63) is 93.5 Å². The van der Waals surface area contributed by atoms with E-state index in [1.165, 1.54) is 35.6 Å². The van der Waals surface area contributed by atoms with E-state index < -0.39 is 23.2 Å². The summed E-state index contributed by atoms with van der Waals surface area (Å²) in [5.41, 5.74) is 1.45. The number of alkyl halides is 3. The van der Waals surface area contributed by atoms with E-state index in [-0.39, 0.29) is 11.5 Å². The summed E-state index contributed by atoms with van der Waals surface area (Å²) in [6.45, 7) is 6.02. The number of carbonyl (C=O) groups excluding carboxylic acids is 1. The molecule has 188 valence electrons. The minimum atomic E-state index is -4.39. The molecule has 0 aliphatic heterocycles. The van der Waals surface area contributed by atoms with Crippen LogP contribution in [0.1, 0.15) is 62.6 Å². The molecule has 2 heterocycles. The monoisotopic (exact) mass is 514 g/mol. The van der Waals surface area contributed by atoms with E-state index in [4.69, 9.17) is 0 Å². The van der Waals surface area contributed by atoms with Crippen molar-refractivity contribution in [2.75, 3.05) is 0 Å². The summed E-state index contributed by atoms with van der Waals surface area (Å²) in [6.07, 6.45) is -1.99. The zero-order valence-electron chi connectivity index (χ0n) is 19.9. The molecule has 0 aliphatic rings. The zero-order chi connectivity index (χ0) is 26.3. The van der Waals surface area contributed by atoms with Crippen LogP contribution in [0.3, 0.4) is 0 Å². The predicted molar refractivity (Wildman–Crippen MR) is 134 cm³/mol. The van der Waals surface area contributed by atoms with Crippen molar-refractivity contribution in [1.29, 1.82) is 0 Å². The van der Waals surface area contributed by atoms with E-state index in [1.807, 2.05) is 37.6 Å². The van der Waals surface area contributed by atoms with Crippen molar-refractivity contribution in [2.45, 2.75) is 45.5 Å². The molecule has 1 unspecified atom stereocenters. The number of carbonyl (C=O) groups is 2. The standard InChI is InChI=1S/C27H25F3N2O3S/c1-4-26(3,19-11-7-18(8-12-19)25(34)35)31-24(33)22-16(2)36-21-13-14-32(23(21)22)15-17-5-9-20(10-6-17)27(28,29)30/h5-14H,4,15H2,1-3H3,(H,31,33)(H,34,35). The van der Waals surface area contributed by atoms with Crippen LogP contribution < -0.4 is 5.32 Å². The molecular weight excluding hydrogens is 489 g/mol. The summed E-state index contributed by atoms with van der Waals surface area (Å²) >= 11 is 1.48. The first-order valence-corrected chi connectivity index (χ1v) is 12.2.